The summed E-state index contributed by atoms with van der Waals surface area (Å²) in [5.41, 5.74) is 2.68. The van der Waals surface area contributed by atoms with Crippen molar-refractivity contribution in [1.82, 2.24) is 10.3 Å². The molecule has 0 atom stereocenters. The lowest BCUT2D eigenvalue weighted by Gasteiger charge is -2.11. The first-order valence-corrected chi connectivity index (χ1v) is 8.41. The van der Waals surface area contributed by atoms with Gasteiger partial charge in [0.1, 0.15) is 11.6 Å². The Balaban J connectivity index is 1.71. The van der Waals surface area contributed by atoms with Crippen LogP contribution in [-0.2, 0) is 6.54 Å². The normalized spacial score (nSPS) is 10.4. The third-order valence-corrected chi connectivity index (χ3v) is 4.12. The second kappa shape index (κ2) is 7.97. The van der Waals surface area contributed by atoms with E-state index in [1.54, 1.807) is 42.6 Å². The number of benzene rings is 2. The molecule has 0 saturated heterocycles. The minimum Gasteiger partial charge on any atom is -0.348 e. The molecule has 1 heterocycles. The lowest BCUT2D eigenvalue weighted by Crippen LogP contribution is -2.23. The number of aromatic nitrogens is 1. The highest BCUT2D eigenvalue weighted by molar-refractivity contribution is 6.30. The Morgan fingerprint density at radius 3 is 2.77 bits per heavy atom. The fraction of sp³-hybridized carbons (Fsp3) is 0.100. The highest BCUT2D eigenvalue weighted by Gasteiger charge is 2.09. The lowest BCUT2D eigenvalue weighted by molar-refractivity contribution is 0.0950. The van der Waals surface area contributed by atoms with Gasteiger partial charge in [-0.25, -0.2) is 9.37 Å². The van der Waals surface area contributed by atoms with Gasteiger partial charge in [0, 0.05) is 34.6 Å². The van der Waals surface area contributed by atoms with E-state index < -0.39 is 0 Å². The average molecular weight is 370 g/mol. The Morgan fingerprint density at radius 1 is 1.15 bits per heavy atom. The van der Waals surface area contributed by atoms with Crippen LogP contribution in [0, 0.1) is 12.7 Å². The van der Waals surface area contributed by atoms with E-state index in [1.165, 1.54) is 6.07 Å². The van der Waals surface area contributed by atoms with Gasteiger partial charge in [0.15, 0.2) is 0 Å². The van der Waals surface area contributed by atoms with Crippen molar-refractivity contribution in [2.75, 3.05) is 5.32 Å². The van der Waals surface area contributed by atoms with Crippen molar-refractivity contribution in [3.8, 4) is 0 Å². The number of anilines is 2. The van der Waals surface area contributed by atoms with Crippen molar-refractivity contribution in [1.29, 1.82) is 0 Å². The number of carbonyl (C=O) groups is 1. The first-order valence-electron chi connectivity index (χ1n) is 8.04. The summed E-state index contributed by atoms with van der Waals surface area (Å²) in [5.74, 6) is -0.128. The largest absolute Gasteiger partial charge is 0.348 e. The van der Waals surface area contributed by atoms with Crippen LogP contribution in [0.1, 0.15) is 21.5 Å². The first kappa shape index (κ1) is 17.9. The van der Waals surface area contributed by atoms with E-state index in [0.29, 0.717) is 22.0 Å². The number of pyridine rings is 1. The monoisotopic (exact) mass is 369 g/mol. The van der Waals surface area contributed by atoms with Gasteiger partial charge in [0.2, 0.25) is 0 Å². The summed E-state index contributed by atoms with van der Waals surface area (Å²) in [7, 11) is 0. The van der Waals surface area contributed by atoms with Crippen LogP contribution in [0.15, 0.2) is 60.8 Å². The fourth-order valence-electron chi connectivity index (χ4n) is 2.43. The molecule has 0 aliphatic heterocycles. The van der Waals surface area contributed by atoms with Gasteiger partial charge in [-0.1, -0.05) is 35.9 Å². The number of nitrogens with zero attached hydrogens (tertiary/aromatic N) is 1. The van der Waals surface area contributed by atoms with Gasteiger partial charge in [0.05, 0.1) is 0 Å². The fourth-order valence-corrected chi connectivity index (χ4v) is 2.60. The molecule has 4 nitrogen and oxygen atoms in total. The maximum atomic E-state index is 13.6. The number of rotatable bonds is 5. The van der Waals surface area contributed by atoms with Crippen LogP contribution in [0.2, 0.25) is 5.02 Å². The van der Waals surface area contributed by atoms with Gasteiger partial charge in [0.25, 0.3) is 5.91 Å². The summed E-state index contributed by atoms with van der Waals surface area (Å²) in [5, 5.41) is 6.48. The van der Waals surface area contributed by atoms with Gasteiger partial charge < -0.3 is 10.6 Å². The minimum absolute atomic E-state index is 0.115. The molecule has 3 aromatic rings. The lowest BCUT2D eigenvalue weighted by atomic mass is 10.2. The predicted molar refractivity (Wildman–Crippen MR) is 101 cm³/mol. The van der Waals surface area contributed by atoms with E-state index in [-0.39, 0.29) is 18.3 Å². The standard InChI is InChI=1S/C20H17ClFN3O/c1-13-6-7-16(21)11-18(13)25-19-10-14(8-9-23-19)20(26)24-12-15-4-2-3-5-17(15)22/h2-11H,12H2,1H3,(H,23,25)(H,24,26). The number of hydrogen-bond acceptors (Lipinski definition) is 3. The SMILES string of the molecule is Cc1ccc(Cl)cc1Nc1cc(C(=O)NCc2ccccc2F)ccn1. The van der Waals surface area contributed by atoms with Gasteiger partial charge in [-0.3, -0.25) is 4.79 Å². The molecule has 0 fully saturated rings. The zero-order chi connectivity index (χ0) is 18.5. The molecular weight excluding hydrogens is 353 g/mol. The smallest absolute Gasteiger partial charge is 0.251 e. The van der Waals surface area contributed by atoms with Crippen LogP contribution in [0.5, 0.6) is 0 Å². The second-order valence-electron chi connectivity index (χ2n) is 5.79. The Morgan fingerprint density at radius 2 is 1.96 bits per heavy atom. The van der Waals surface area contributed by atoms with Crippen LogP contribution in [0.25, 0.3) is 0 Å². The van der Waals surface area contributed by atoms with Gasteiger partial charge in [-0.05, 0) is 42.8 Å². The van der Waals surface area contributed by atoms with E-state index >= 15 is 0 Å². The van der Waals surface area contributed by atoms with Gasteiger partial charge >= 0.3 is 0 Å². The van der Waals surface area contributed by atoms with Crippen molar-refractivity contribution in [3.63, 3.8) is 0 Å². The minimum atomic E-state index is -0.346. The topological polar surface area (TPSA) is 54.0 Å². The predicted octanol–water partition coefficient (Wildman–Crippen LogP) is 4.86. The van der Waals surface area contributed by atoms with E-state index in [4.69, 9.17) is 11.6 Å². The summed E-state index contributed by atoms with van der Waals surface area (Å²) < 4.78 is 13.6. The molecule has 2 N–H and O–H groups in total. The van der Waals surface area contributed by atoms with E-state index in [9.17, 15) is 9.18 Å². The molecule has 0 unspecified atom stereocenters. The molecule has 0 spiro atoms. The Bertz CT molecular complexity index is 946. The molecule has 0 radical (unpaired) electrons. The Kier molecular flexibility index (Phi) is 5.49. The van der Waals surface area contributed by atoms with Crippen LogP contribution >= 0.6 is 11.6 Å². The maximum Gasteiger partial charge on any atom is 0.251 e. The van der Waals surface area contributed by atoms with Crippen LogP contribution in [0.3, 0.4) is 0 Å². The molecule has 0 aliphatic carbocycles. The third kappa shape index (κ3) is 4.37. The molecule has 1 aromatic heterocycles. The number of nitrogens with one attached hydrogen (secondary N) is 2. The molecule has 26 heavy (non-hydrogen) atoms. The molecule has 0 saturated carbocycles. The number of carbonyl (C=O) groups excluding carboxylic acids is 1. The summed E-state index contributed by atoms with van der Waals surface area (Å²) >= 11 is 6.02. The molecule has 132 valence electrons. The molecule has 1 amide bonds. The summed E-state index contributed by atoms with van der Waals surface area (Å²) in [6.07, 6.45) is 1.54. The molecule has 0 aliphatic rings. The molecule has 2 aromatic carbocycles. The van der Waals surface area contributed by atoms with Gasteiger partial charge in [-0.15, -0.1) is 0 Å². The van der Waals surface area contributed by atoms with Crippen molar-refractivity contribution >= 4 is 29.0 Å². The zero-order valence-electron chi connectivity index (χ0n) is 14.1. The average Bonchev–Trinajstić information content (AvgIpc) is 2.64. The summed E-state index contributed by atoms with van der Waals surface area (Å²) in [6.45, 7) is 2.06. The summed E-state index contributed by atoms with van der Waals surface area (Å²) in [6, 6.07) is 15.1. The van der Waals surface area contributed by atoms with E-state index in [0.717, 1.165) is 11.3 Å². The first-order chi connectivity index (χ1) is 12.5. The molecule has 6 heteroatoms. The second-order valence-corrected chi connectivity index (χ2v) is 6.22. The van der Waals surface area contributed by atoms with Crippen molar-refractivity contribution in [3.05, 3.63) is 88.3 Å². The molecular formula is C20H17ClFN3O. The molecule has 0 bridgehead atoms. The van der Waals surface area contributed by atoms with Crippen molar-refractivity contribution < 1.29 is 9.18 Å². The number of hydrogen-bond donors (Lipinski definition) is 2. The number of aryl methyl sites for hydroxylation is 1. The van der Waals surface area contributed by atoms with Crippen LogP contribution in [-0.4, -0.2) is 10.9 Å². The third-order valence-electron chi connectivity index (χ3n) is 3.88. The zero-order valence-corrected chi connectivity index (χ0v) is 14.8. The molecule has 3 rings (SSSR count). The highest BCUT2D eigenvalue weighted by Crippen LogP contribution is 2.23. The van der Waals surface area contributed by atoms with E-state index in [2.05, 4.69) is 15.6 Å². The van der Waals surface area contributed by atoms with Crippen molar-refractivity contribution in [2.24, 2.45) is 0 Å². The highest BCUT2D eigenvalue weighted by atomic mass is 35.5. The number of amides is 1. The van der Waals surface area contributed by atoms with Gasteiger partial charge in [-0.2, -0.15) is 0 Å². The maximum absolute atomic E-state index is 13.6. The summed E-state index contributed by atoms with van der Waals surface area (Å²) in [4.78, 5) is 16.6. The number of halogens is 2. The van der Waals surface area contributed by atoms with Crippen LogP contribution in [0.4, 0.5) is 15.9 Å². The van der Waals surface area contributed by atoms with E-state index in [1.807, 2.05) is 19.1 Å². The van der Waals surface area contributed by atoms with Crippen LogP contribution < -0.4 is 10.6 Å². The Hall–Kier alpha value is -2.92. The van der Waals surface area contributed by atoms with Crippen molar-refractivity contribution in [2.45, 2.75) is 13.5 Å². The Labute approximate surface area is 156 Å². The quantitative estimate of drug-likeness (QED) is 0.675.